The molecule has 0 amide bonds. The van der Waals surface area contributed by atoms with Gasteiger partial charge in [0, 0.05) is 175 Å². The van der Waals surface area contributed by atoms with E-state index in [1.807, 2.05) is 0 Å². The second-order valence-corrected chi connectivity index (χ2v) is 5.13. The van der Waals surface area contributed by atoms with E-state index < -0.39 is 23.9 Å². The smallest absolute Gasteiger partial charge is 0.328 e. The summed E-state index contributed by atoms with van der Waals surface area (Å²) < 4.78 is 0. The molecule has 279 valence electrons. The Balaban J connectivity index is -0.0000000106. The maximum absolute atomic E-state index is 10.0. The van der Waals surface area contributed by atoms with Gasteiger partial charge in [0.05, 0.1) is 0 Å². The largest absolute Gasteiger partial charge is 0.483 e. The predicted octanol–water partition coefficient (Wildman–Crippen LogP) is 10.8. The zero-order valence-corrected chi connectivity index (χ0v) is 43.0. The SMILES string of the molecule is C.C.C.C.C#C.C=C/C=C/C(=O)O.CC1=CC=C(C)C1.N=N.SS.[CH2-]CC(=O)O.[CH2-]CC(N=[N+]=[N-])C(=O)O.[CH3-].[CH3-].[CH3-].[CH3-].[CH3-].[Y].[Y].[Y].[Y].[Y]. The van der Waals surface area contributed by atoms with Crippen LogP contribution in [0, 0.1) is 74.9 Å². The van der Waals surface area contributed by atoms with E-state index in [1.54, 1.807) is 0 Å². The summed E-state index contributed by atoms with van der Waals surface area (Å²) in [5.41, 5.74) is 20.8. The van der Waals surface area contributed by atoms with E-state index in [9.17, 15) is 14.4 Å². The second kappa shape index (κ2) is 125. The minimum atomic E-state index is -1.14. The third-order valence-electron chi connectivity index (χ3n) is 2.55. The van der Waals surface area contributed by atoms with Crippen LogP contribution >= 0.6 is 23.3 Å². The molecule has 0 aromatic carbocycles. The third-order valence-corrected chi connectivity index (χ3v) is 2.55. The molecule has 1 aliphatic rings. The van der Waals surface area contributed by atoms with Crippen LogP contribution in [0.1, 0.15) is 62.8 Å². The number of carbonyl (C=O) groups is 3. The molecule has 48 heavy (non-hydrogen) atoms. The van der Waals surface area contributed by atoms with Crippen LogP contribution in [0.2, 0.25) is 0 Å². The van der Waals surface area contributed by atoms with Gasteiger partial charge in [0.2, 0.25) is 0 Å². The van der Waals surface area contributed by atoms with Gasteiger partial charge < -0.3 is 66.3 Å². The van der Waals surface area contributed by atoms with Crippen molar-refractivity contribution in [2.45, 2.75) is 68.9 Å². The maximum atomic E-state index is 10.0. The van der Waals surface area contributed by atoms with Gasteiger partial charge in [-0.05, 0) is 25.8 Å². The monoisotopic (exact) mass is 1100 g/mol. The fourth-order valence-corrected chi connectivity index (χ4v) is 1.29. The molecule has 5 N–H and O–H groups in total. The molecular weight excluding hydrogens is 1040 g/mol. The van der Waals surface area contributed by atoms with Crippen molar-refractivity contribution in [1.29, 1.82) is 11.1 Å². The molecule has 0 aliphatic heterocycles. The number of rotatable bonds is 6. The van der Waals surface area contributed by atoms with Crippen molar-refractivity contribution in [3.8, 4) is 12.8 Å². The molecule has 1 rings (SSSR count). The first-order valence-electron chi connectivity index (χ1n) is 8.76. The van der Waals surface area contributed by atoms with Crippen LogP contribution in [0.5, 0.6) is 0 Å². The maximum Gasteiger partial charge on any atom is 0.328 e. The molecule has 0 fully saturated rings. The van der Waals surface area contributed by atoms with Crippen LogP contribution in [-0.2, 0) is 178 Å². The molecule has 1 unspecified atom stereocenters. The molecule has 0 saturated carbocycles. The zero-order chi connectivity index (χ0) is 28.5. The van der Waals surface area contributed by atoms with Gasteiger partial charge in [0.25, 0.3) is 5.97 Å². The minimum absolute atomic E-state index is 0. The van der Waals surface area contributed by atoms with E-state index in [0.717, 1.165) is 6.08 Å². The number of hydrogen-bond acceptors (Lipinski definition) is 8. The molecule has 1 aliphatic carbocycles. The number of azide groups is 1. The van der Waals surface area contributed by atoms with Crippen LogP contribution in [0.25, 0.3) is 10.4 Å². The summed E-state index contributed by atoms with van der Waals surface area (Å²) in [7, 11) is 0. The van der Waals surface area contributed by atoms with E-state index >= 15 is 0 Å². The fraction of sp³-hybridized carbons (Fsp3) is 0.333. The van der Waals surface area contributed by atoms with Gasteiger partial charge in [-0.15, -0.1) is 36.2 Å². The van der Waals surface area contributed by atoms with E-state index in [0.29, 0.717) is 0 Å². The molecule has 0 aromatic heterocycles. The zero-order valence-electron chi connectivity index (χ0n) is 27.1. The van der Waals surface area contributed by atoms with Crippen LogP contribution in [0.15, 0.2) is 53.2 Å². The van der Waals surface area contributed by atoms with Crippen LogP contribution in [0.3, 0.4) is 0 Å². The first kappa shape index (κ1) is 133. The van der Waals surface area contributed by atoms with E-state index in [2.05, 4.69) is 92.6 Å². The second-order valence-electron chi connectivity index (χ2n) is 5.13. The number of hydrogen-bond donors (Lipinski definition) is 7. The molecule has 0 aromatic rings. The van der Waals surface area contributed by atoms with Crippen LogP contribution < -0.4 is 0 Å². The van der Waals surface area contributed by atoms with Gasteiger partial charge in [0.1, 0.15) is 6.04 Å². The van der Waals surface area contributed by atoms with Crippen molar-refractivity contribution in [3.63, 3.8) is 0 Å². The molecule has 11 nitrogen and oxygen atoms in total. The van der Waals surface area contributed by atoms with Crippen molar-refractivity contribution < 1.29 is 193 Å². The number of thiol groups is 2. The van der Waals surface area contributed by atoms with Gasteiger partial charge in [-0.3, -0.25) is 9.59 Å². The number of aliphatic carboxylic acids is 3. The summed E-state index contributed by atoms with van der Waals surface area (Å²) in [6, 6.07) is -1.02. The van der Waals surface area contributed by atoms with Gasteiger partial charge >= 0.3 is 11.9 Å². The minimum Gasteiger partial charge on any atom is -0.483 e. The molecule has 0 spiro atoms. The Morgan fingerprint density at radius 1 is 0.917 bits per heavy atom. The number of nitrogens with zero attached hydrogens (tertiary/aromatic N) is 3. The Kier molecular flexibility index (Phi) is 348. The van der Waals surface area contributed by atoms with E-state index in [1.165, 1.54) is 29.7 Å². The standard InChI is InChI=1S/C7H10.C5H6O2.C4H6N3O2.C3H5O2.C2H2.4CH4.5CH3.H2N2.H2S2.5Y/c1-6-3-4-7(2)5-6;1-2-3-4-5(6)7;1-2-3(4(8)9)6-7-5;1-2-3(4)5;1-2;;;;;;;;;;2*1-2;;;;;/h3-4H,5H2,1-2H3;2-4H,1H2,(H,6,7);3H,1-2H2,(H,8,9);1-2H2,(H,4,5);1-2H;4*1H4;5*1H3;2*1-2H;;;;;/q;;2*-1;;;;;;5*-1;;;;;;;/b;4-3+;;;;;;;;;;;;;;;;;;;. The topological polar surface area (TPSA) is 208 Å². The van der Waals surface area contributed by atoms with E-state index in [4.69, 9.17) is 31.9 Å². The Hall–Kier alpha value is 2.06. The number of carboxylic acids is 3. The summed E-state index contributed by atoms with van der Waals surface area (Å²) in [4.78, 5) is 31.3. The van der Waals surface area contributed by atoms with Crippen molar-refractivity contribution in [2.75, 3.05) is 0 Å². The Morgan fingerprint density at radius 2 is 1.19 bits per heavy atom. The number of terminal acetylenes is 1. The first-order chi connectivity index (χ1) is 16.0. The molecule has 0 saturated heterocycles. The van der Waals surface area contributed by atoms with Crippen molar-refractivity contribution >= 4 is 41.2 Å². The third kappa shape index (κ3) is 157. The van der Waals surface area contributed by atoms with E-state index in [-0.39, 0.29) is 243 Å². The molecular formula is C30H64N5O6S2Y5-7. The average molecular weight is 1100 g/mol. The predicted molar refractivity (Wildman–Crippen MR) is 200 cm³/mol. The summed E-state index contributed by atoms with van der Waals surface area (Å²) in [5, 5.41) is 26.7. The summed E-state index contributed by atoms with van der Waals surface area (Å²) >= 11 is 6.44. The van der Waals surface area contributed by atoms with Gasteiger partial charge in [-0.1, -0.05) is 83.3 Å². The van der Waals surface area contributed by atoms with Crippen molar-refractivity contribution in [3.05, 3.63) is 110 Å². The normalized spacial score (nSPS) is 7.33. The van der Waals surface area contributed by atoms with Crippen molar-refractivity contribution in [2.24, 2.45) is 5.11 Å². The van der Waals surface area contributed by atoms with Crippen LogP contribution in [-0.4, -0.2) is 39.3 Å². The summed E-state index contributed by atoms with van der Waals surface area (Å²) in [6.07, 6.45) is 17.4. The molecule has 1 atom stereocenters. The summed E-state index contributed by atoms with van der Waals surface area (Å²) in [5.74, 6) is -2.94. The number of nitrogens with one attached hydrogen (secondary N) is 2. The number of carboxylic acid groups (broad SMARTS) is 3. The Bertz CT molecular complexity index is 726. The summed E-state index contributed by atoms with van der Waals surface area (Å²) in [6.45, 7) is 14.0. The number of allylic oxidation sites excluding steroid dienone is 6. The van der Waals surface area contributed by atoms with Gasteiger partial charge in [0.15, 0.2) is 0 Å². The first-order valence-corrected chi connectivity index (χ1v) is 10.4. The Labute approximate surface area is 434 Å². The fourth-order valence-electron chi connectivity index (χ4n) is 1.29. The van der Waals surface area contributed by atoms with Crippen LogP contribution in [0.4, 0.5) is 0 Å². The quantitative estimate of drug-likeness (QED) is 0.0158. The van der Waals surface area contributed by atoms with Gasteiger partial charge in [-0.2, -0.15) is 6.42 Å². The van der Waals surface area contributed by atoms with Crippen molar-refractivity contribution in [1.82, 2.24) is 0 Å². The van der Waals surface area contributed by atoms with Gasteiger partial charge in [-0.25, -0.2) is 15.9 Å². The molecule has 0 bridgehead atoms. The molecule has 5 radical (unpaired) electrons. The molecule has 18 heteroatoms. The molecule has 0 heterocycles. The Morgan fingerprint density at radius 3 is 1.25 bits per heavy atom. The average Bonchev–Trinajstić information content (AvgIpc) is 3.23.